The highest BCUT2D eigenvalue weighted by molar-refractivity contribution is 7.80. The third-order valence-corrected chi connectivity index (χ3v) is 21.9. The highest BCUT2D eigenvalue weighted by Gasteiger charge is 2.66. The van der Waals surface area contributed by atoms with Gasteiger partial charge in [-0.15, -0.1) is 3.89 Å². The molecule has 12 aliphatic rings. The van der Waals surface area contributed by atoms with Gasteiger partial charge >= 0.3 is 35.8 Å². The quantitative estimate of drug-likeness (QED) is 0.0164. The lowest BCUT2D eigenvalue weighted by Gasteiger charge is -2.48. The fourth-order valence-corrected chi connectivity index (χ4v) is 18.2. The summed E-state index contributed by atoms with van der Waals surface area (Å²) in [6.45, 7) is 2.70. The van der Waals surface area contributed by atoms with Gasteiger partial charge in [0.05, 0.1) is 91.1 Å². The molecule has 104 heavy (non-hydrogen) atoms. The summed E-state index contributed by atoms with van der Waals surface area (Å²) in [5, 5.41) is 18.3. The minimum Gasteiger partial charge on any atom is -0.722 e. The number of aliphatic hydroxyl groups is 1. The molecule has 0 amide bonds. The van der Waals surface area contributed by atoms with Crippen LogP contribution in [-0.4, -0.2) is 160 Å². The maximum absolute atomic E-state index is 14.1. The van der Waals surface area contributed by atoms with Crippen molar-refractivity contribution in [1.82, 2.24) is 0 Å². The molecule has 18 rings (SSSR count). The van der Waals surface area contributed by atoms with Gasteiger partial charge in [-0.05, 0) is 96.4 Å². The van der Waals surface area contributed by atoms with E-state index in [0.717, 1.165) is 86.3 Å². The van der Waals surface area contributed by atoms with E-state index in [-0.39, 0.29) is 92.2 Å². The Kier molecular flexibility index (Phi) is 23.4. The minimum absolute atomic E-state index is 0.0255. The Hall–Kier alpha value is -8.35. The average molecular weight is 1460 g/mol. The van der Waals surface area contributed by atoms with Crippen LogP contribution in [0.15, 0.2) is 158 Å². The lowest BCUT2D eigenvalue weighted by Crippen LogP contribution is -2.49. The molecule has 6 aromatic carbocycles. The van der Waals surface area contributed by atoms with Gasteiger partial charge in [-0.1, -0.05) is 158 Å². The number of rotatable bonds is 17. The van der Waals surface area contributed by atoms with Crippen LogP contribution < -0.4 is 0 Å². The number of alkyl halides is 3. The molecule has 2 heterocycles. The number of aliphatic carboxylic acids is 1. The first-order valence-electron chi connectivity index (χ1n) is 35.8. The first-order valence-corrected chi connectivity index (χ1v) is 37.1. The van der Waals surface area contributed by atoms with Gasteiger partial charge in [0.1, 0.15) is 37.5 Å². The van der Waals surface area contributed by atoms with Crippen LogP contribution in [0.4, 0.5) is 17.1 Å². The Morgan fingerprint density at radius 3 is 1.13 bits per heavy atom. The number of hydrogen-bond acceptors (Lipinski definition) is 15. The molecular weight excluding hydrogens is 1360 g/mol. The number of carboxylic acids is 1. The van der Waals surface area contributed by atoms with E-state index in [1.165, 1.54) is 11.1 Å². The number of fused-ring (bicyclic) bond motifs is 4. The van der Waals surface area contributed by atoms with Gasteiger partial charge < -0.3 is 47.4 Å². The number of carbonyl (C=O) groups excluding carboxylic acids is 5. The molecule has 14 unspecified atom stereocenters. The number of unbranched alkanes of at least 4 members (excludes halogenated alkanes) is 1. The Morgan fingerprint density at radius 1 is 0.519 bits per heavy atom. The lowest BCUT2D eigenvalue weighted by atomic mass is 9.54. The average Bonchev–Trinajstić information content (AvgIpc) is 0.949. The molecule has 2 N–H and O–H groups in total. The van der Waals surface area contributed by atoms with Crippen molar-refractivity contribution < 1.29 is 102 Å². The molecule has 6 fully saturated rings. The SMILES string of the molecule is CC(F)(F)CCCOC(=O)C1C2c3ccccc3C(c3ccccc32)C1C(=O)OC1C2CC3C(=O)OC1C3C2.C[N+](C)(C)Cc1ccccc1.C[N+](C)(C)Cc1ccccc1.O=C1OC2C3CC(CC13)C2OC(=O)C1C2c3ccccc3C(c3ccccc32)C1C(=O)O.O=S(=O)([O-])F.OCCCCF. The summed E-state index contributed by atoms with van der Waals surface area (Å²) < 4.78 is 104. The van der Waals surface area contributed by atoms with Gasteiger partial charge in [-0.25, -0.2) is 17.2 Å². The van der Waals surface area contributed by atoms with Crippen molar-refractivity contribution in [3.63, 3.8) is 0 Å². The van der Waals surface area contributed by atoms with Crippen molar-refractivity contribution in [2.24, 2.45) is 59.2 Å². The van der Waals surface area contributed by atoms with Crippen LogP contribution in [0.5, 0.6) is 0 Å². The number of esters is 5. The van der Waals surface area contributed by atoms with Crippen LogP contribution in [0.3, 0.4) is 0 Å². The number of carboxylic acid groups (broad SMARTS) is 1. The van der Waals surface area contributed by atoms with Crippen LogP contribution in [0.2, 0.25) is 0 Å². The number of benzene rings is 6. The molecule has 0 aromatic heterocycles. The summed E-state index contributed by atoms with van der Waals surface area (Å²) in [6.07, 6.45) is 1.94. The van der Waals surface area contributed by atoms with Gasteiger partial charge in [-0.3, -0.25) is 33.2 Å². The molecule has 10 aliphatic carbocycles. The van der Waals surface area contributed by atoms with Crippen molar-refractivity contribution in [3.8, 4) is 0 Å². The minimum atomic E-state index is -5.42. The third-order valence-electron chi connectivity index (χ3n) is 21.9. The van der Waals surface area contributed by atoms with Crippen molar-refractivity contribution in [2.75, 3.05) is 62.2 Å². The summed E-state index contributed by atoms with van der Waals surface area (Å²) in [7, 11) is 7.79. The van der Waals surface area contributed by atoms with Gasteiger partial charge in [0.15, 0.2) is 0 Å². The zero-order valence-corrected chi connectivity index (χ0v) is 60.3. The number of ether oxygens (including phenoxy) is 5. The van der Waals surface area contributed by atoms with Crippen LogP contribution in [0.1, 0.15) is 138 Å². The van der Waals surface area contributed by atoms with E-state index >= 15 is 0 Å². The smallest absolute Gasteiger partial charge is 0.311 e. The summed E-state index contributed by atoms with van der Waals surface area (Å²) in [4.78, 5) is 78.4. The van der Waals surface area contributed by atoms with E-state index in [9.17, 15) is 50.9 Å². The highest BCUT2D eigenvalue weighted by Crippen LogP contribution is 2.63. The second-order valence-electron chi connectivity index (χ2n) is 31.2. The number of quaternary nitrogens is 2. The maximum atomic E-state index is 14.1. The molecule has 2 saturated heterocycles. The van der Waals surface area contributed by atoms with E-state index in [1.54, 1.807) is 0 Å². The second kappa shape index (κ2) is 31.8. The highest BCUT2D eigenvalue weighted by atomic mass is 32.3. The molecule has 2 aliphatic heterocycles. The zero-order valence-electron chi connectivity index (χ0n) is 59.5. The van der Waals surface area contributed by atoms with E-state index in [0.29, 0.717) is 25.7 Å². The molecule has 0 spiro atoms. The predicted octanol–water partition coefficient (Wildman–Crippen LogP) is 12.0. The topological polar surface area (TPSA) is 246 Å². The summed E-state index contributed by atoms with van der Waals surface area (Å²) in [5.41, 5.74) is 10.7. The fourth-order valence-electron chi connectivity index (χ4n) is 18.2. The number of hydrogen-bond donors (Lipinski definition) is 2. The van der Waals surface area contributed by atoms with Crippen LogP contribution >= 0.6 is 0 Å². The fraction of sp³-hybridized carbons (Fsp3) is 0.481. The van der Waals surface area contributed by atoms with Gasteiger partial charge in [0.25, 0.3) is 10.5 Å². The third kappa shape index (κ3) is 17.1. The van der Waals surface area contributed by atoms with Gasteiger partial charge in [0, 0.05) is 71.5 Å². The summed E-state index contributed by atoms with van der Waals surface area (Å²) in [5.74, 6) is -10.5. The molecule has 18 nitrogen and oxygen atoms in total. The molecule has 556 valence electrons. The molecule has 0 radical (unpaired) electrons. The normalized spacial score (nSPS) is 28.7. The molecule has 4 saturated carbocycles. The number of nitrogens with zero attached hydrogens (tertiary/aromatic N) is 2. The monoisotopic (exact) mass is 1460 g/mol. The van der Waals surface area contributed by atoms with Crippen molar-refractivity contribution in [2.45, 2.75) is 125 Å². The number of aliphatic hydroxyl groups excluding tert-OH is 1. The Morgan fingerprint density at radius 2 is 0.837 bits per heavy atom. The summed E-state index contributed by atoms with van der Waals surface area (Å²) >= 11 is 0. The Balaban J connectivity index is 0.000000147. The van der Waals surface area contributed by atoms with Crippen LogP contribution in [0.25, 0.3) is 0 Å². The molecule has 8 bridgehead atoms. The van der Waals surface area contributed by atoms with Gasteiger partial charge in [0.2, 0.25) is 5.92 Å². The molecular formula is C81H93F4N2O16S+. The van der Waals surface area contributed by atoms with Crippen molar-refractivity contribution >= 4 is 46.3 Å². The van der Waals surface area contributed by atoms with Crippen LogP contribution in [-0.2, 0) is 76.0 Å². The van der Waals surface area contributed by atoms with Gasteiger partial charge in [-0.2, -0.15) is 0 Å². The van der Waals surface area contributed by atoms with Crippen molar-refractivity contribution in [3.05, 3.63) is 213 Å². The van der Waals surface area contributed by atoms with Crippen LogP contribution in [0, 0.1) is 59.2 Å². The predicted molar refractivity (Wildman–Crippen MR) is 374 cm³/mol. The molecule has 23 heteroatoms. The van der Waals surface area contributed by atoms with Crippen molar-refractivity contribution in [1.29, 1.82) is 0 Å². The maximum Gasteiger partial charge on any atom is 0.311 e. The van der Waals surface area contributed by atoms with E-state index < -0.39 is 100 Å². The Labute approximate surface area is 605 Å². The van der Waals surface area contributed by atoms with E-state index in [1.807, 2.05) is 97.1 Å². The second-order valence-corrected chi connectivity index (χ2v) is 32.0. The first kappa shape index (κ1) is 76.8. The van der Waals surface area contributed by atoms with E-state index in [2.05, 4.69) is 103 Å². The molecule has 14 atom stereocenters. The Bertz CT molecular complexity index is 4030. The first-order chi connectivity index (χ1) is 49.3. The number of carbonyl (C=O) groups is 6. The largest absolute Gasteiger partial charge is 0.722 e. The van der Waals surface area contributed by atoms with E-state index in [4.69, 9.17) is 41.8 Å². The zero-order chi connectivity index (χ0) is 74.7. The molecule has 6 aromatic rings. The lowest BCUT2D eigenvalue weighted by molar-refractivity contribution is -0.884. The standard InChI is InChI=1S/C31H30F2O6.C26H22O6.2C10H16N.C4H9FO.FHO3S/c1-31(32,33)11-6-12-37-29(35)24-22-16-7-2-4-9-18(16)23(19-10-5-3-8-17(19)22)25(24)30(36)38-26-15-13-20-21(14-15)28(34)39-27(20)26;27-24(28)20-18-12-5-1-3-7-14(12)19(15-8-4-2-6-13(15)18)21(20)26(30)31-22-11-9-16-17(10-11)25(29)32-23(16)22;2*1-11(2,3)9-10-7-5-4-6-8-10;5-3-1-2-4-6;1-5(2,3)4/h2-5,7-10,15,20-27H,6,11-14H2,1H3;1-8,11,16-23H,9-10H2,(H,27,28);2*4-8H,9H2,1-3H3;6H,1-4H2;(H,2,3,4)/q;;2*+1;;/p-1. The summed E-state index contributed by atoms with van der Waals surface area (Å²) in [6, 6.07) is 52.5. The number of halogens is 4.